The molecule has 1 nitrogen and oxygen atoms in total. The molecule has 1 aliphatic carbocycles. The Bertz CT molecular complexity index is 1260. The molecule has 1 unspecified atom stereocenters. The maximum absolute atomic E-state index is 14.7. The molecule has 0 heterocycles. The van der Waals surface area contributed by atoms with Gasteiger partial charge in [0.25, 0.3) is 6.08 Å². The predicted molar refractivity (Wildman–Crippen MR) is 114 cm³/mol. The molecule has 4 rings (SSSR count). The molecule has 0 spiro atoms. The van der Waals surface area contributed by atoms with E-state index in [-0.39, 0.29) is 23.8 Å². The molecule has 3 aromatic rings. The summed E-state index contributed by atoms with van der Waals surface area (Å²) in [5.74, 6) is -7.17. The summed E-state index contributed by atoms with van der Waals surface area (Å²) in [6.07, 6.45) is -4.52. The average molecular weight is 498 g/mol. The predicted octanol–water partition coefficient (Wildman–Crippen LogP) is 8.40. The van der Waals surface area contributed by atoms with Crippen LogP contribution in [-0.4, -0.2) is 0 Å². The van der Waals surface area contributed by atoms with E-state index in [4.69, 9.17) is 0 Å². The summed E-state index contributed by atoms with van der Waals surface area (Å²) in [6.45, 7) is 2.07. The normalized spacial score (nSPS) is 15.2. The van der Waals surface area contributed by atoms with Crippen LogP contribution in [0.15, 0.2) is 48.5 Å². The number of halogens is 8. The third kappa shape index (κ3) is 5.04. The minimum atomic E-state index is -4.67. The summed E-state index contributed by atoms with van der Waals surface area (Å²) in [5.41, 5.74) is -0.294. The van der Waals surface area contributed by atoms with Crippen LogP contribution in [0, 0.1) is 29.2 Å². The van der Waals surface area contributed by atoms with Gasteiger partial charge < -0.3 is 4.74 Å². The van der Waals surface area contributed by atoms with Gasteiger partial charge in [-0.05, 0) is 53.1 Å². The Labute approximate surface area is 195 Å². The first-order valence-electron chi connectivity index (χ1n) is 10.7. The van der Waals surface area contributed by atoms with Crippen LogP contribution in [0.2, 0.25) is 0 Å². The zero-order chi connectivity index (χ0) is 25.5. The van der Waals surface area contributed by atoms with E-state index in [1.807, 2.05) is 6.07 Å². The lowest BCUT2D eigenvalue weighted by atomic mass is 9.98. The second-order valence-electron chi connectivity index (χ2n) is 8.33. The molecule has 0 N–H and O–H groups in total. The van der Waals surface area contributed by atoms with E-state index in [0.29, 0.717) is 11.5 Å². The topological polar surface area (TPSA) is 9.23 Å². The first kappa shape index (κ1) is 24.8. The van der Waals surface area contributed by atoms with E-state index < -0.39 is 52.3 Å². The van der Waals surface area contributed by atoms with Crippen LogP contribution in [0.5, 0.6) is 5.75 Å². The molecule has 3 aromatic carbocycles. The highest BCUT2D eigenvalue weighted by molar-refractivity contribution is 5.66. The van der Waals surface area contributed by atoms with Crippen molar-refractivity contribution in [1.29, 1.82) is 0 Å². The fraction of sp³-hybridized carbons (Fsp3) is 0.231. The van der Waals surface area contributed by atoms with Crippen molar-refractivity contribution in [3.05, 3.63) is 94.1 Å². The zero-order valence-electron chi connectivity index (χ0n) is 18.2. The van der Waals surface area contributed by atoms with Gasteiger partial charge in [0.05, 0.1) is 5.56 Å². The molecule has 0 aliphatic heterocycles. The minimum Gasteiger partial charge on any atom is -0.429 e. The molecule has 184 valence electrons. The Balaban J connectivity index is 1.64. The van der Waals surface area contributed by atoms with Crippen molar-refractivity contribution in [1.82, 2.24) is 0 Å². The van der Waals surface area contributed by atoms with Gasteiger partial charge in [-0.25, -0.2) is 17.6 Å². The Hall–Kier alpha value is -3.36. The van der Waals surface area contributed by atoms with E-state index >= 15 is 0 Å². The number of rotatable bonds is 6. The Kier molecular flexibility index (Phi) is 6.62. The number of alkyl halides is 2. The first-order chi connectivity index (χ1) is 16.5. The first-order valence-corrected chi connectivity index (χ1v) is 10.7. The molecule has 0 fully saturated rings. The van der Waals surface area contributed by atoms with E-state index in [0.717, 1.165) is 42.5 Å². The summed E-state index contributed by atoms with van der Waals surface area (Å²) < 4.78 is 115. The van der Waals surface area contributed by atoms with Gasteiger partial charge in [0.15, 0.2) is 0 Å². The van der Waals surface area contributed by atoms with Gasteiger partial charge in [-0.15, -0.1) is 0 Å². The maximum Gasteiger partial charge on any atom is 0.432 e. The Morgan fingerprint density at radius 2 is 1.46 bits per heavy atom. The van der Waals surface area contributed by atoms with Crippen LogP contribution in [0.1, 0.15) is 35.6 Å². The Morgan fingerprint density at radius 3 is 2.03 bits per heavy atom. The maximum atomic E-state index is 14.7. The second kappa shape index (κ2) is 9.36. The van der Waals surface area contributed by atoms with Crippen molar-refractivity contribution in [3.8, 4) is 16.9 Å². The molecule has 0 aromatic heterocycles. The van der Waals surface area contributed by atoms with Gasteiger partial charge in [0, 0.05) is 18.2 Å². The highest BCUT2D eigenvalue weighted by Crippen LogP contribution is 2.39. The molecule has 0 bridgehead atoms. The lowest BCUT2D eigenvalue weighted by molar-refractivity contribution is -0.189. The van der Waals surface area contributed by atoms with Gasteiger partial charge in [0.1, 0.15) is 34.6 Å². The molecule has 0 saturated carbocycles. The molecule has 0 saturated heterocycles. The van der Waals surface area contributed by atoms with E-state index in [9.17, 15) is 35.1 Å². The van der Waals surface area contributed by atoms with Crippen LogP contribution < -0.4 is 4.74 Å². The summed E-state index contributed by atoms with van der Waals surface area (Å²) in [4.78, 5) is 0. The summed E-state index contributed by atoms with van der Waals surface area (Å²) in [6, 6.07) is 7.15. The molecule has 0 amide bonds. The highest BCUT2D eigenvalue weighted by Gasteiger charge is 2.41. The smallest absolute Gasteiger partial charge is 0.429 e. The van der Waals surface area contributed by atoms with E-state index in [2.05, 4.69) is 11.7 Å². The highest BCUT2D eigenvalue weighted by atomic mass is 19.3. The van der Waals surface area contributed by atoms with E-state index in [1.165, 1.54) is 0 Å². The zero-order valence-corrected chi connectivity index (χ0v) is 18.2. The van der Waals surface area contributed by atoms with Gasteiger partial charge in [-0.3, -0.25) is 0 Å². The lowest BCUT2D eigenvalue weighted by Gasteiger charge is -2.20. The number of hydrogen-bond acceptors (Lipinski definition) is 1. The number of ether oxygens (including phenoxy) is 1. The van der Waals surface area contributed by atoms with Gasteiger partial charge >= 0.3 is 6.11 Å². The molecule has 0 radical (unpaired) electrons. The largest absolute Gasteiger partial charge is 0.432 e. The standard InChI is InChI=1S/C26H18F8O/c1-2-13-5-14-3-4-15(7-16(14)6-13)17-8-22(29)25(23(30)9-17)26(33,34)35-18-10-20(27)19(12-24(31)32)21(28)11-18/h3-4,7-13H,2,5-6H2,1H3. The molecule has 35 heavy (non-hydrogen) atoms. The van der Waals surface area contributed by atoms with Crippen molar-refractivity contribution in [2.24, 2.45) is 5.92 Å². The summed E-state index contributed by atoms with van der Waals surface area (Å²) >= 11 is 0. The van der Waals surface area contributed by atoms with Gasteiger partial charge in [-0.2, -0.15) is 17.6 Å². The van der Waals surface area contributed by atoms with Crippen LogP contribution in [0.4, 0.5) is 35.1 Å². The van der Waals surface area contributed by atoms with Crippen molar-refractivity contribution in [2.75, 3.05) is 0 Å². The van der Waals surface area contributed by atoms with Crippen molar-refractivity contribution in [3.63, 3.8) is 0 Å². The van der Waals surface area contributed by atoms with E-state index in [1.54, 1.807) is 12.1 Å². The van der Waals surface area contributed by atoms with Gasteiger partial charge in [-0.1, -0.05) is 31.5 Å². The quantitative estimate of drug-likeness (QED) is 0.310. The van der Waals surface area contributed by atoms with Crippen LogP contribution >= 0.6 is 0 Å². The molecule has 9 heteroatoms. The Morgan fingerprint density at radius 1 is 0.857 bits per heavy atom. The number of hydrogen-bond donors (Lipinski definition) is 0. The van der Waals surface area contributed by atoms with Crippen molar-refractivity contribution >= 4 is 6.08 Å². The van der Waals surface area contributed by atoms with Crippen molar-refractivity contribution < 1.29 is 39.9 Å². The van der Waals surface area contributed by atoms with Crippen LogP contribution in [0.3, 0.4) is 0 Å². The molecule has 1 atom stereocenters. The monoisotopic (exact) mass is 498 g/mol. The summed E-state index contributed by atoms with van der Waals surface area (Å²) in [7, 11) is 0. The second-order valence-corrected chi connectivity index (χ2v) is 8.33. The minimum absolute atomic E-state index is 0.0313. The molecular formula is C26H18F8O. The average Bonchev–Trinajstić information content (AvgIpc) is 3.17. The lowest BCUT2D eigenvalue weighted by Crippen LogP contribution is -2.25. The van der Waals surface area contributed by atoms with Crippen LogP contribution in [-0.2, 0) is 19.0 Å². The third-order valence-electron chi connectivity index (χ3n) is 6.02. The number of fused-ring (bicyclic) bond motifs is 1. The molecular weight excluding hydrogens is 480 g/mol. The molecule has 1 aliphatic rings. The van der Waals surface area contributed by atoms with Crippen LogP contribution in [0.25, 0.3) is 17.2 Å². The fourth-order valence-corrected chi connectivity index (χ4v) is 4.26. The van der Waals surface area contributed by atoms with Gasteiger partial charge in [0.2, 0.25) is 0 Å². The SMILES string of the molecule is CCC1Cc2ccc(-c3cc(F)c(C(F)(F)Oc4cc(F)c(C=C(F)F)c(F)c4)c(F)c3)cc2C1. The summed E-state index contributed by atoms with van der Waals surface area (Å²) in [5, 5.41) is 0. The number of benzene rings is 3. The fourth-order valence-electron chi connectivity index (χ4n) is 4.26. The third-order valence-corrected chi connectivity index (χ3v) is 6.02. The van der Waals surface area contributed by atoms with Crippen molar-refractivity contribution in [2.45, 2.75) is 32.3 Å².